The molecule has 0 amide bonds. The van der Waals surface area contributed by atoms with Crippen molar-refractivity contribution in [3.8, 4) is 0 Å². The molecule has 174 valence electrons. The van der Waals surface area contributed by atoms with E-state index in [0.717, 1.165) is 0 Å². The van der Waals surface area contributed by atoms with Crippen LogP contribution in [-0.2, 0) is 16.2 Å². The number of amidine groups is 1. The van der Waals surface area contributed by atoms with Gasteiger partial charge in [-0.1, -0.05) is 12.1 Å². The van der Waals surface area contributed by atoms with Gasteiger partial charge in [-0.2, -0.15) is 0 Å². The van der Waals surface area contributed by atoms with E-state index in [1.165, 1.54) is 28.1 Å². The molecule has 3 heterocycles. The molecule has 0 saturated carbocycles. The van der Waals surface area contributed by atoms with Gasteiger partial charge < -0.3 is 35.4 Å². The SMILES string of the molecule is N=C1c2ncn([C@@H]3O[C@H](CO)[C@@H](O)[C@H]3O)c2NCN1OCc1cccc(F)c1.OB(O)F. The van der Waals surface area contributed by atoms with Gasteiger partial charge in [0.1, 0.15) is 48.9 Å². The number of rotatable bonds is 5. The van der Waals surface area contributed by atoms with Crippen LogP contribution in [0, 0.1) is 11.2 Å². The number of nitrogens with one attached hydrogen (secondary N) is 2. The maximum absolute atomic E-state index is 13.3. The third-order valence-corrected chi connectivity index (χ3v) is 4.72. The molecular weight excluding hydrogens is 435 g/mol. The predicted octanol–water partition coefficient (Wildman–Crippen LogP) is -1.30. The van der Waals surface area contributed by atoms with Crippen LogP contribution >= 0.6 is 0 Å². The Morgan fingerprint density at radius 3 is 2.66 bits per heavy atom. The van der Waals surface area contributed by atoms with Crippen LogP contribution in [0.4, 0.5) is 14.5 Å². The van der Waals surface area contributed by atoms with Crippen molar-refractivity contribution >= 4 is 19.0 Å². The van der Waals surface area contributed by atoms with Gasteiger partial charge >= 0.3 is 7.40 Å². The number of hydrogen-bond acceptors (Lipinski definition) is 10. The standard InChI is InChI=1S/C17H20FN5O5.BFH2O2/c18-10-3-1-2-9(4-10)6-27-23-8-21-16-12(15(23)19)20-7-22(16)17-14(26)13(25)11(5-24)28-17;2-1(3)4/h1-4,7,11,13-14,17,19,21,24-26H,5-6,8H2;3-4H/t11-,13-,14-,17-;/m1./s1. The number of aliphatic hydroxyl groups excluding tert-OH is 3. The van der Waals surface area contributed by atoms with Gasteiger partial charge in [0.2, 0.25) is 0 Å². The Morgan fingerprint density at radius 2 is 2.03 bits per heavy atom. The normalized spacial score (nSPS) is 24.5. The van der Waals surface area contributed by atoms with Crippen molar-refractivity contribution in [2.24, 2.45) is 0 Å². The molecule has 2 aliphatic heterocycles. The van der Waals surface area contributed by atoms with E-state index < -0.39 is 38.5 Å². The molecule has 0 radical (unpaired) electrons. The summed E-state index contributed by atoms with van der Waals surface area (Å²) >= 11 is 0. The highest BCUT2D eigenvalue weighted by molar-refractivity contribution is 6.31. The second-order valence-electron chi connectivity index (χ2n) is 6.85. The first kappa shape index (κ1) is 24.0. The molecule has 7 N–H and O–H groups in total. The third kappa shape index (κ3) is 5.21. The van der Waals surface area contributed by atoms with Gasteiger partial charge in [-0.3, -0.25) is 19.1 Å². The average molecular weight is 457 g/mol. The lowest BCUT2D eigenvalue weighted by Gasteiger charge is -2.30. The van der Waals surface area contributed by atoms with E-state index in [1.54, 1.807) is 12.1 Å². The summed E-state index contributed by atoms with van der Waals surface area (Å²) in [5.74, 6) is 0.0357. The zero-order chi connectivity index (χ0) is 23.4. The highest BCUT2D eigenvalue weighted by Gasteiger charge is 2.44. The molecule has 1 saturated heterocycles. The van der Waals surface area contributed by atoms with Crippen LogP contribution in [0.1, 0.15) is 17.5 Å². The van der Waals surface area contributed by atoms with E-state index in [2.05, 4.69) is 10.3 Å². The van der Waals surface area contributed by atoms with Gasteiger partial charge in [0.05, 0.1) is 12.9 Å². The van der Waals surface area contributed by atoms with Gasteiger partial charge in [-0.25, -0.2) is 14.4 Å². The Kier molecular flexibility index (Phi) is 7.73. The van der Waals surface area contributed by atoms with E-state index in [1.807, 2.05) is 0 Å². The first-order valence-electron chi connectivity index (χ1n) is 9.40. The molecule has 0 unspecified atom stereocenters. The zero-order valence-electron chi connectivity index (χ0n) is 16.5. The summed E-state index contributed by atoms with van der Waals surface area (Å²) in [4.78, 5) is 9.75. The molecular formula is C17H22BF2N5O7. The second kappa shape index (κ2) is 10.3. The quantitative estimate of drug-likeness (QED) is 0.267. The molecule has 12 nitrogen and oxygen atoms in total. The molecule has 1 aromatic heterocycles. The van der Waals surface area contributed by atoms with Gasteiger partial charge in [-0.15, -0.1) is 0 Å². The van der Waals surface area contributed by atoms with Gasteiger partial charge in [0, 0.05) is 0 Å². The maximum atomic E-state index is 13.3. The number of benzene rings is 1. The van der Waals surface area contributed by atoms with Crippen LogP contribution in [0.2, 0.25) is 0 Å². The van der Waals surface area contributed by atoms with Crippen molar-refractivity contribution in [1.82, 2.24) is 14.6 Å². The molecule has 1 fully saturated rings. The number of aliphatic hydroxyl groups is 3. The molecule has 0 spiro atoms. The highest BCUT2D eigenvalue weighted by atomic mass is 19.1. The van der Waals surface area contributed by atoms with Crippen LogP contribution in [-0.4, -0.2) is 84.8 Å². The Morgan fingerprint density at radius 1 is 1.31 bits per heavy atom. The number of nitrogens with zero attached hydrogens (tertiary/aromatic N) is 3. The summed E-state index contributed by atoms with van der Waals surface area (Å²) < 4.78 is 30.4. The van der Waals surface area contributed by atoms with Crippen LogP contribution in [0.3, 0.4) is 0 Å². The monoisotopic (exact) mass is 457 g/mol. The summed E-state index contributed by atoms with van der Waals surface area (Å²) in [6, 6.07) is 5.98. The van der Waals surface area contributed by atoms with E-state index in [0.29, 0.717) is 11.4 Å². The summed E-state index contributed by atoms with van der Waals surface area (Å²) in [6.45, 7) is -0.245. The van der Waals surface area contributed by atoms with E-state index in [9.17, 15) is 24.0 Å². The fourth-order valence-corrected chi connectivity index (χ4v) is 3.25. The number of anilines is 1. The van der Waals surface area contributed by atoms with E-state index in [4.69, 9.17) is 25.0 Å². The van der Waals surface area contributed by atoms with Crippen molar-refractivity contribution < 1.29 is 43.6 Å². The predicted molar refractivity (Wildman–Crippen MR) is 105 cm³/mol. The lowest BCUT2D eigenvalue weighted by atomic mass is 10.1. The lowest BCUT2D eigenvalue weighted by Crippen LogP contribution is -2.41. The first-order valence-corrected chi connectivity index (χ1v) is 9.40. The van der Waals surface area contributed by atoms with Crippen molar-refractivity contribution in [3.63, 3.8) is 0 Å². The zero-order valence-corrected chi connectivity index (χ0v) is 16.5. The molecule has 0 bridgehead atoms. The number of hydroxylamine groups is 2. The first-order chi connectivity index (χ1) is 15.2. The Bertz CT molecular complexity index is 934. The minimum atomic E-state index is -2.67. The molecule has 32 heavy (non-hydrogen) atoms. The number of fused-ring (bicyclic) bond motifs is 1. The number of hydrogen-bond donors (Lipinski definition) is 7. The van der Waals surface area contributed by atoms with Gasteiger partial charge in [0.15, 0.2) is 12.1 Å². The smallest absolute Gasteiger partial charge is 0.398 e. The summed E-state index contributed by atoms with van der Waals surface area (Å²) in [7, 11) is -2.67. The van der Waals surface area contributed by atoms with Crippen LogP contribution in [0.25, 0.3) is 0 Å². The van der Waals surface area contributed by atoms with Crippen LogP contribution < -0.4 is 5.32 Å². The minimum absolute atomic E-state index is 0.0179. The Hall–Kier alpha value is -2.66. The van der Waals surface area contributed by atoms with E-state index >= 15 is 0 Å². The fraction of sp³-hybridized carbons (Fsp3) is 0.412. The molecule has 2 aliphatic rings. The third-order valence-electron chi connectivity index (χ3n) is 4.72. The highest BCUT2D eigenvalue weighted by Crippen LogP contribution is 2.34. The minimum Gasteiger partial charge on any atom is -0.398 e. The van der Waals surface area contributed by atoms with Gasteiger partial charge in [-0.05, 0) is 17.7 Å². The van der Waals surface area contributed by atoms with Crippen molar-refractivity contribution in [3.05, 3.63) is 47.7 Å². The number of halogens is 2. The molecule has 4 rings (SSSR count). The number of imidazole rings is 1. The van der Waals surface area contributed by atoms with Crippen LogP contribution in [0.5, 0.6) is 0 Å². The molecule has 2 aromatic rings. The van der Waals surface area contributed by atoms with Gasteiger partial charge in [0.25, 0.3) is 0 Å². The number of aromatic nitrogens is 2. The topological polar surface area (TPSA) is 177 Å². The largest absolute Gasteiger partial charge is 0.674 e. The number of ether oxygens (including phenoxy) is 1. The fourth-order valence-electron chi connectivity index (χ4n) is 3.25. The molecule has 15 heteroatoms. The van der Waals surface area contributed by atoms with Crippen LogP contribution in [0.15, 0.2) is 30.6 Å². The summed E-state index contributed by atoms with van der Waals surface area (Å²) in [6.07, 6.45) is -2.98. The Balaban J connectivity index is 0.000000668. The van der Waals surface area contributed by atoms with Crippen molar-refractivity contribution in [1.29, 1.82) is 5.41 Å². The second-order valence-corrected chi connectivity index (χ2v) is 6.85. The maximum Gasteiger partial charge on any atom is 0.674 e. The summed E-state index contributed by atoms with van der Waals surface area (Å²) in [5.41, 5.74) is 0.888. The van der Waals surface area contributed by atoms with Crippen molar-refractivity contribution in [2.45, 2.75) is 31.1 Å². The lowest BCUT2D eigenvalue weighted by molar-refractivity contribution is -0.108. The summed E-state index contributed by atoms with van der Waals surface area (Å²) in [5, 5.41) is 55.9. The molecule has 0 aliphatic carbocycles. The average Bonchev–Trinajstić information content (AvgIpc) is 3.29. The molecule has 1 aromatic carbocycles. The Labute approximate surface area is 180 Å². The molecule has 4 atom stereocenters. The van der Waals surface area contributed by atoms with Crippen molar-refractivity contribution in [2.75, 3.05) is 18.6 Å². The van der Waals surface area contributed by atoms with E-state index in [-0.39, 0.29) is 30.6 Å².